The van der Waals surface area contributed by atoms with E-state index in [-0.39, 0.29) is 40.6 Å². The van der Waals surface area contributed by atoms with E-state index in [4.69, 9.17) is 0 Å². The van der Waals surface area contributed by atoms with E-state index in [0.717, 1.165) is 12.0 Å². The van der Waals surface area contributed by atoms with Crippen LogP contribution in [0, 0.1) is 5.92 Å². The second-order valence-electron chi connectivity index (χ2n) is 9.55. The average molecular weight is 505 g/mol. The fourth-order valence-corrected chi connectivity index (χ4v) is 8.11. The van der Waals surface area contributed by atoms with Gasteiger partial charge in [0, 0.05) is 36.8 Å². The molecule has 2 heterocycles. The smallest absolute Gasteiger partial charge is 0.264 e. The summed E-state index contributed by atoms with van der Waals surface area (Å²) < 4.78 is 52.9. The van der Waals surface area contributed by atoms with Crippen LogP contribution in [0.1, 0.15) is 49.5 Å². The number of Topliss-reactive ketones (excluding diaryl/α,β-unsaturated/α-hetero) is 1. The monoisotopic (exact) mass is 504 g/mol. The molecular weight excluding hydrogens is 472 g/mol. The second kappa shape index (κ2) is 9.34. The Kier molecular flexibility index (Phi) is 6.79. The summed E-state index contributed by atoms with van der Waals surface area (Å²) >= 11 is 0. The summed E-state index contributed by atoms with van der Waals surface area (Å²) in [4.78, 5) is 14.8. The van der Waals surface area contributed by atoms with Crippen LogP contribution in [-0.2, 0) is 26.3 Å². The highest BCUT2D eigenvalue weighted by Crippen LogP contribution is 2.35. The number of hydrogen-bond acceptors (Lipinski definition) is 6. The molecule has 2 aromatic rings. The number of benzene rings is 2. The maximum atomic E-state index is 13.8. The van der Waals surface area contributed by atoms with Crippen molar-refractivity contribution in [1.29, 1.82) is 0 Å². The topological polar surface area (TPSA) is 91.8 Å². The Labute approximate surface area is 202 Å². The van der Waals surface area contributed by atoms with Crippen molar-refractivity contribution < 1.29 is 21.6 Å². The molecule has 9 heteroatoms. The number of sulfone groups is 1. The number of nitrogens with zero attached hydrogens (tertiary/aromatic N) is 2. The first-order chi connectivity index (χ1) is 16.0. The van der Waals surface area contributed by atoms with E-state index in [0.29, 0.717) is 36.4 Å². The predicted molar refractivity (Wildman–Crippen MR) is 135 cm³/mol. The van der Waals surface area contributed by atoms with Gasteiger partial charge in [0.1, 0.15) is 0 Å². The summed E-state index contributed by atoms with van der Waals surface area (Å²) in [6, 6.07) is 12.0. The molecule has 1 saturated heterocycles. The van der Waals surface area contributed by atoms with Gasteiger partial charge >= 0.3 is 0 Å². The van der Waals surface area contributed by atoms with Gasteiger partial charge < -0.3 is 4.90 Å². The van der Waals surface area contributed by atoms with Crippen molar-refractivity contribution >= 4 is 37.0 Å². The minimum atomic E-state index is -3.91. The molecule has 0 spiro atoms. The molecule has 0 bridgehead atoms. The summed E-state index contributed by atoms with van der Waals surface area (Å²) in [6.07, 6.45) is 1.62. The molecule has 0 aliphatic carbocycles. The van der Waals surface area contributed by atoms with Crippen LogP contribution in [0.15, 0.2) is 47.4 Å². The van der Waals surface area contributed by atoms with Gasteiger partial charge in [-0.2, -0.15) is 0 Å². The lowest BCUT2D eigenvalue weighted by Crippen LogP contribution is -2.41. The number of ketones is 1. The Morgan fingerprint density at radius 1 is 1.12 bits per heavy atom. The lowest BCUT2D eigenvalue weighted by atomic mass is 9.98. The number of fused-ring (bicyclic) bond motifs is 1. The minimum Gasteiger partial charge on any atom is -0.366 e. The average Bonchev–Trinajstić information content (AvgIpc) is 3.16. The van der Waals surface area contributed by atoms with E-state index >= 15 is 0 Å². The molecule has 34 heavy (non-hydrogen) atoms. The molecule has 0 aromatic heterocycles. The third kappa shape index (κ3) is 4.86. The van der Waals surface area contributed by atoms with Crippen molar-refractivity contribution in [3.8, 4) is 0 Å². The molecule has 0 saturated carbocycles. The Morgan fingerprint density at radius 3 is 2.41 bits per heavy atom. The van der Waals surface area contributed by atoms with E-state index in [1.807, 2.05) is 49.9 Å². The SMILES string of the molecule is CCc1ccc(N(CC(C)C)S(=O)(=O)c2ccc3c(c2)C(=O)CCN3C2CCS(=O)(=O)C2)cc1. The van der Waals surface area contributed by atoms with Crippen molar-refractivity contribution in [1.82, 2.24) is 0 Å². The van der Waals surface area contributed by atoms with E-state index in [9.17, 15) is 21.6 Å². The third-order valence-corrected chi connectivity index (χ3v) is 10.1. The van der Waals surface area contributed by atoms with Crippen molar-refractivity contribution in [2.45, 2.75) is 51.0 Å². The zero-order valence-corrected chi connectivity index (χ0v) is 21.5. The minimum absolute atomic E-state index is 0.0661. The molecule has 1 atom stereocenters. The van der Waals surface area contributed by atoms with Gasteiger partial charge in [0.2, 0.25) is 0 Å². The third-order valence-electron chi connectivity index (χ3n) is 6.56. The van der Waals surface area contributed by atoms with Crippen LogP contribution in [0.3, 0.4) is 0 Å². The lowest BCUT2D eigenvalue weighted by molar-refractivity contribution is 0.0979. The molecule has 1 fully saturated rings. The molecule has 0 N–H and O–H groups in total. The summed E-state index contributed by atoms with van der Waals surface area (Å²) in [5.74, 6) is 0.188. The highest BCUT2D eigenvalue weighted by molar-refractivity contribution is 7.93. The number of carbonyl (C=O) groups excluding carboxylic acids is 1. The van der Waals surface area contributed by atoms with Gasteiger partial charge in [-0.1, -0.05) is 32.9 Å². The Bertz CT molecular complexity index is 1290. The standard InChI is InChI=1S/C25H32N2O5S2/c1-4-19-5-7-20(8-6-19)27(16-18(2)3)34(31,32)22-9-10-24-23(15-22)25(28)11-13-26(24)21-12-14-33(29,30)17-21/h5-10,15,18,21H,4,11-14,16-17H2,1-3H3. The summed E-state index contributed by atoms with van der Waals surface area (Å²) in [5, 5.41) is 0. The first-order valence-corrected chi connectivity index (χ1v) is 15.0. The molecule has 4 rings (SSSR count). The van der Waals surface area contributed by atoms with Crippen molar-refractivity contribution in [2.24, 2.45) is 5.92 Å². The lowest BCUT2D eigenvalue weighted by Gasteiger charge is -2.35. The molecule has 0 radical (unpaired) electrons. The van der Waals surface area contributed by atoms with Gasteiger partial charge in [-0.25, -0.2) is 16.8 Å². The number of sulfonamides is 1. The molecule has 1 unspecified atom stereocenters. The number of aryl methyl sites for hydroxylation is 1. The molecule has 7 nitrogen and oxygen atoms in total. The fourth-order valence-electron chi connectivity index (χ4n) is 4.73. The van der Waals surface area contributed by atoms with Crippen LogP contribution in [0.4, 0.5) is 11.4 Å². The van der Waals surface area contributed by atoms with Gasteiger partial charge in [0.15, 0.2) is 15.6 Å². The number of rotatable bonds is 7. The Balaban J connectivity index is 1.72. The van der Waals surface area contributed by atoms with Crippen LogP contribution in [-0.4, -0.2) is 53.3 Å². The number of hydrogen-bond donors (Lipinski definition) is 0. The maximum absolute atomic E-state index is 13.8. The van der Waals surface area contributed by atoms with Crippen LogP contribution < -0.4 is 9.21 Å². The molecule has 2 aliphatic rings. The Morgan fingerprint density at radius 2 is 1.82 bits per heavy atom. The summed E-state index contributed by atoms with van der Waals surface area (Å²) in [6.45, 7) is 6.73. The van der Waals surface area contributed by atoms with Crippen LogP contribution >= 0.6 is 0 Å². The molecular formula is C25H32N2O5S2. The van der Waals surface area contributed by atoms with Crippen LogP contribution in [0.25, 0.3) is 0 Å². The van der Waals surface area contributed by atoms with Gasteiger partial charge in [-0.3, -0.25) is 9.10 Å². The highest BCUT2D eigenvalue weighted by atomic mass is 32.2. The van der Waals surface area contributed by atoms with Gasteiger partial charge in [0.25, 0.3) is 10.0 Å². The summed E-state index contributed by atoms with van der Waals surface area (Å²) in [5.41, 5.74) is 2.69. The number of anilines is 2. The fraction of sp³-hybridized carbons (Fsp3) is 0.480. The van der Waals surface area contributed by atoms with Crippen molar-refractivity contribution in [2.75, 3.05) is 33.8 Å². The Hall–Kier alpha value is -2.39. The largest absolute Gasteiger partial charge is 0.366 e. The van der Waals surface area contributed by atoms with Crippen molar-refractivity contribution in [3.05, 3.63) is 53.6 Å². The predicted octanol–water partition coefficient (Wildman–Crippen LogP) is 3.68. The van der Waals surface area contributed by atoms with Gasteiger partial charge in [-0.05, 0) is 54.7 Å². The van der Waals surface area contributed by atoms with E-state index in [1.165, 1.54) is 16.4 Å². The van der Waals surface area contributed by atoms with E-state index in [1.54, 1.807) is 6.07 Å². The second-order valence-corrected chi connectivity index (χ2v) is 13.6. The van der Waals surface area contributed by atoms with Gasteiger partial charge in [-0.15, -0.1) is 0 Å². The van der Waals surface area contributed by atoms with Crippen molar-refractivity contribution in [3.63, 3.8) is 0 Å². The molecule has 2 aliphatic heterocycles. The maximum Gasteiger partial charge on any atom is 0.264 e. The first-order valence-electron chi connectivity index (χ1n) is 11.8. The zero-order chi connectivity index (χ0) is 24.7. The van der Waals surface area contributed by atoms with E-state index < -0.39 is 19.9 Å². The quantitative estimate of drug-likeness (QED) is 0.571. The first kappa shape index (κ1) is 24.7. The molecule has 184 valence electrons. The molecule has 2 aromatic carbocycles. The van der Waals surface area contributed by atoms with E-state index in [2.05, 4.69) is 0 Å². The molecule has 0 amide bonds. The number of carbonyl (C=O) groups is 1. The van der Waals surface area contributed by atoms with Crippen LogP contribution in [0.5, 0.6) is 0 Å². The zero-order valence-electron chi connectivity index (χ0n) is 19.9. The normalized spacial score (nSPS) is 19.9. The van der Waals surface area contributed by atoms with Gasteiger partial charge in [0.05, 0.1) is 22.1 Å². The summed E-state index contributed by atoms with van der Waals surface area (Å²) in [7, 11) is -6.99. The highest BCUT2D eigenvalue weighted by Gasteiger charge is 2.37. The van der Waals surface area contributed by atoms with Crippen LogP contribution in [0.2, 0.25) is 0 Å².